The molecule has 3 rings (SSSR count). The van der Waals surface area contributed by atoms with E-state index in [4.69, 9.17) is 5.73 Å². The van der Waals surface area contributed by atoms with E-state index in [1.165, 1.54) is 0 Å². The zero-order valence-corrected chi connectivity index (χ0v) is 14.8. The number of rotatable bonds is 6. The fraction of sp³-hybridized carbons (Fsp3) is 0.444. The quantitative estimate of drug-likeness (QED) is 0.785. The number of nitrogens with zero attached hydrogens (tertiary/aromatic N) is 1. The number of nitrogens with one attached hydrogen (secondary N) is 1. The van der Waals surface area contributed by atoms with Crippen molar-refractivity contribution in [2.75, 3.05) is 19.6 Å². The Hall–Kier alpha value is -1.47. The summed E-state index contributed by atoms with van der Waals surface area (Å²) in [5.41, 5.74) is 6.08. The van der Waals surface area contributed by atoms with Crippen LogP contribution in [0, 0.1) is 5.92 Å². The summed E-state index contributed by atoms with van der Waals surface area (Å²) in [4.78, 5) is 2.57. The van der Waals surface area contributed by atoms with Crippen molar-refractivity contribution in [3.8, 4) is 0 Å². The number of benzene rings is 2. The fourth-order valence-electron chi connectivity index (χ4n) is 3.43. The van der Waals surface area contributed by atoms with Gasteiger partial charge in [0.05, 0.1) is 11.1 Å². The van der Waals surface area contributed by atoms with Gasteiger partial charge in [-0.1, -0.05) is 43.3 Å². The molecule has 1 saturated heterocycles. The molecule has 0 radical (unpaired) electrons. The molecule has 3 N–H and O–H groups in total. The first kappa shape index (κ1) is 17.4. The van der Waals surface area contributed by atoms with Gasteiger partial charge in [0.25, 0.3) is 0 Å². The van der Waals surface area contributed by atoms with Gasteiger partial charge in [-0.05, 0) is 30.2 Å². The zero-order valence-electron chi connectivity index (χ0n) is 14.0. The molecule has 0 bridgehead atoms. The predicted octanol–water partition coefficient (Wildman–Crippen LogP) is 2.13. The fourth-order valence-corrected chi connectivity index (χ4v) is 4.73. The molecular formula is C18H25N3O2S. The number of fused-ring (bicyclic) bond motifs is 1. The Balaban J connectivity index is 1.62. The molecule has 5 nitrogen and oxygen atoms in total. The minimum atomic E-state index is -3.51. The van der Waals surface area contributed by atoms with Crippen LogP contribution in [-0.4, -0.2) is 39.1 Å². The van der Waals surface area contributed by atoms with E-state index in [0.29, 0.717) is 17.4 Å². The Labute approximate surface area is 143 Å². The molecule has 2 atom stereocenters. The highest BCUT2D eigenvalue weighted by atomic mass is 32.2. The van der Waals surface area contributed by atoms with Crippen LogP contribution in [0.25, 0.3) is 10.8 Å². The van der Waals surface area contributed by atoms with Gasteiger partial charge in [0.1, 0.15) is 0 Å². The van der Waals surface area contributed by atoms with Gasteiger partial charge >= 0.3 is 0 Å². The molecule has 0 aromatic heterocycles. The van der Waals surface area contributed by atoms with Crippen LogP contribution in [0.3, 0.4) is 0 Å². The van der Waals surface area contributed by atoms with E-state index in [1.807, 2.05) is 30.3 Å². The molecule has 2 unspecified atom stereocenters. The monoisotopic (exact) mass is 347 g/mol. The number of likely N-dealkylation sites (tertiary alicyclic amines) is 1. The predicted molar refractivity (Wildman–Crippen MR) is 97.1 cm³/mol. The first-order chi connectivity index (χ1) is 11.5. The topological polar surface area (TPSA) is 75.4 Å². The first-order valence-electron chi connectivity index (χ1n) is 8.44. The van der Waals surface area contributed by atoms with Crippen molar-refractivity contribution in [3.63, 3.8) is 0 Å². The van der Waals surface area contributed by atoms with Gasteiger partial charge in [-0.3, -0.25) is 4.90 Å². The van der Waals surface area contributed by atoms with E-state index < -0.39 is 10.0 Å². The van der Waals surface area contributed by atoms with Crippen LogP contribution in [0.1, 0.15) is 19.8 Å². The Kier molecular flexibility index (Phi) is 5.20. The molecule has 1 aliphatic rings. The maximum Gasteiger partial charge on any atom is 0.241 e. The third-order valence-corrected chi connectivity index (χ3v) is 6.13. The maximum atomic E-state index is 12.6. The third kappa shape index (κ3) is 3.78. The van der Waals surface area contributed by atoms with Crippen LogP contribution in [-0.2, 0) is 10.0 Å². The molecule has 6 heteroatoms. The largest absolute Gasteiger partial charge is 0.316 e. The molecule has 0 spiro atoms. The molecule has 130 valence electrons. The highest BCUT2D eigenvalue weighted by molar-refractivity contribution is 7.89. The van der Waals surface area contributed by atoms with Gasteiger partial charge in [0.2, 0.25) is 10.0 Å². The van der Waals surface area contributed by atoms with Crippen LogP contribution < -0.4 is 10.5 Å². The summed E-state index contributed by atoms with van der Waals surface area (Å²) in [5.74, 6) is 0.618. The molecule has 1 heterocycles. The van der Waals surface area contributed by atoms with E-state index in [2.05, 4.69) is 16.5 Å². The normalized spacial score (nSPS) is 22.2. The van der Waals surface area contributed by atoms with Gasteiger partial charge in [0.15, 0.2) is 0 Å². The molecule has 1 aliphatic heterocycles. The average Bonchev–Trinajstić information content (AvgIpc) is 2.88. The van der Waals surface area contributed by atoms with E-state index in [0.717, 1.165) is 36.7 Å². The Morgan fingerprint density at radius 3 is 2.71 bits per heavy atom. The lowest BCUT2D eigenvalue weighted by atomic mass is 10.1. The Bertz CT molecular complexity index is 802. The van der Waals surface area contributed by atoms with Gasteiger partial charge in [-0.15, -0.1) is 0 Å². The summed E-state index contributed by atoms with van der Waals surface area (Å²) >= 11 is 0. The van der Waals surface area contributed by atoms with Crippen molar-refractivity contribution < 1.29 is 8.42 Å². The number of sulfonamides is 1. The summed E-state index contributed by atoms with van der Waals surface area (Å²) in [7, 11) is -3.51. The minimum absolute atomic E-state index is 0.106. The van der Waals surface area contributed by atoms with Crippen molar-refractivity contribution in [3.05, 3.63) is 42.5 Å². The zero-order chi connectivity index (χ0) is 17.2. The number of nitrogens with two attached hydrogens (primary N) is 1. The molecule has 0 aliphatic carbocycles. The molecule has 24 heavy (non-hydrogen) atoms. The van der Waals surface area contributed by atoms with Crippen molar-refractivity contribution in [2.45, 2.75) is 30.8 Å². The number of hydrogen-bond donors (Lipinski definition) is 2. The maximum absolute atomic E-state index is 12.6. The van der Waals surface area contributed by atoms with E-state index in [-0.39, 0.29) is 6.17 Å². The van der Waals surface area contributed by atoms with Crippen LogP contribution >= 0.6 is 0 Å². The summed E-state index contributed by atoms with van der Waals surface area (Å²) in [6.07, 6.45) is 1.88. The van der Waals surface area contributed by atoms with Crippen molar-refractivity contribution in [2.24, 2.45) is 11.7 Å². The second-order valence-corrected chi connectivity index (χ2v) is 8.37. The lowest BCUT2D eigenvalue weighted by Crippen LogP contribution is -2.38. The smallest absolute Gasteiger partial charge is 0.241 e. The minimum Gasteiger partial charge on any atom is -0.316 e. The highest BCUT2D eigenvalue weighted by Gasteiger charge is 2.26. The Morgan fingerprint density at radius 1 is 1.21 bits per heavy atom. The van der Waals surface area contributed by atoms with Crippen LogP contribution in [0.4, 0.5) is 0 Å². The van der Waals surface area contributed by atoms with Crippen LogP contribution in [0.15, 0.2) is 47.4 Å². The lowest BCUT2D eigenvalue weighted by molar-refractivity contribution is 0.253. The molecule has 0 amide bonds. The van der Waals surface area contributed by atoms with E-state index in [1.54, 1.807) is 12.1 Å². The van der Waals surface area contributed by atoms with Crippen LogP contribution in [0.5, 0.6) is 0 Å². The molecule has 0 saturated carbocycles. The van der Waals surface area contributed by atoms with Crippen LogP contribution in [0.2, 0.25) is 0 Å². The van der Waals surface area contributed by atoms with Gasteiger partial charge < -0.3 is 5.73 Å². The van der Waals surface area contributed by atoms with Crippen molar-refractivity contribution in [1.29, 1.82) is 0 Å². The van der Waals surface area contributed by atoms with Gasteiger partial charge in [-0.2, -0.15) is 0 Å². The van der Waals surface area contributed by atoms with Gasteiger partial charge in [-0.25, -0.2) is 13.1 Å². The first-order valence-corrected chi connectivity index (χ1v) is 9.93. The van der Waals surface area contributed by atoms with Crippen molar-refractivity contribution in [1.82, 2.24) is 9.62 Å². The second-order valence-electron chi connectivity index (χ2n) is 6.63. The molecular weight excluding hydrogens is 322 g/mol. The lowest BCUT2D eigenvalue weighted by Gasteiger charge is -2.20. The summed E-state index contributed by atoms with van der Waals surface area (Å²) in [5, 5.41) is 1.68. The number of hydrogen-bond acceptors (Lipinski definition) is 4. The molecule has 1 fully saturated rings. The molecule has 2 aromatic rings. The molecule has 2 aromatic carbocycles. The van der Waals surface area contributed by atoms with Gasteiger partial charge in [0, 0.05) is 25.0 Å². The van der Waals surface area contributed by atoms with E-state index >= 15 is 0 Å². The van der Waals surface area contributed by atoms with E-state index in [9.17, 15) is 8.42 Å². The third-order valence-electron chi connectivity index (χ3n) is 4.61. The summed E-state index contributed by atoms with van der Waals surface area (Å²) in [6.45, 7) is 4.44. The van der Waals surface area contributed by atoms with Crippen molar-refractivity contribution >= 4 is 20.8 Å². The standard InChI is InChI=1S/C18H25N3O2S/c1-14-12-18(19)21(13-14)11-5-10-20-24(22,23)17-9-4-7-15-6-2-3-8-16(15)17/h2-4,6-9,14,18,20H,5,10-13,19H2,1H3. The SMILES string of the molecule is CC1CC(N)N(CCCNS(=O)(=O)c2cccc3ccccc23)C1. The summed E-state index contributed by atoms with van der Waals surface area (Å²) in [6, 6.07) is 12.9. The average molecular weight is 347 g/mol. The summed E-state index contributed by atoms with van der Waals surface area (Å²) < 4.78 is 27.9. The Morgan fingerprint density at radius 2 is 1.96 bits per heavy atom. The highest BCUT2D eigenvalue weighted by Crippen LogP contribution is 2.22. The second kappa shape index (κ2) is 7.19.